The molecule has 1 aliphatic rings. The molecule has 8 heteroatoms. The van der Waals surface area contributed by atoms with E-state index in [0.29, 0.717) is 16.9 Å². The topological polar surface area (TPSA) is 99.5 Å². The molecule has 0 radical (unpaired) electrons. The van der Waals surface area contributed by atoms with Crippen LogP contribution in [0, 0.1) is 6.92 Å². The number of rotatable bonds is 9. The number of benzene rings is 3. The lowest BCUT2D eigenvalue weighted by molar-refractivity contribution is 0.102. The second-order valence-corrected chi connectivity index (χ2v) is 11.0. The van der Waals surface area contributed by atoms with Gasteiger partial charge in [-0.1, -0.05) is 43.7 Å². The highest BCUT2D eigenvalue weighted by Crippen LogP contribution is 2.29. The molecule has 2 heterocycles. The average Bonchev–Trinajstić information content (AvgIpc) is 3.00. The van der Waals surface area contributed by atoms with Crippen molar-refractivity contribution < 1.29 is 9.90 Å². The minimum Gasteiger partial charge on any atom is -0.393 e. The lowest BCUT2D eigenvalue weighted by atomic mass is 10.0. The van der Waals surface area contributed by atoms with Gasteiger partial charge in [0, 0.05) is 54.5 Å². The molecule has 42 heavy (non-hydrogen) atoms. The average molecular weight is 566 g/mol. The maximum atomic E-state index is 13.3. The van der Waals surface area contributed by atoms with E-state index in [1.165, 1.54) is 4.57 Å². The van der Waals surface area contributed by atoms with Crippen molar-refractivity contribution in [1.82, 2.24) is 9.55 Å². The van der Waals surface area contributed by atoms with Crippen molar-refractivity contribution in [2.75, 3.05) is 28.6 Å². The van der Waals surface area contributed by atoms with Crippen LogP contribution < -0.4 is 21.1 Å². The Balaban J connectivity index is 1.37. The van der Waals surface area contributed by atoms with E-state index in [2.05, 4.69) is 22.5 Å². The molecule has 1 amide bonds. The maximum absolute atomic E-state index is 13.3. The van der Waals surface area contributed by atoms with E-state index in [9.17, 15) is 14.7 Å². The van der Waals surface area contributed by atoms with Gasteiger partial charge in [-0.15, -0.1) is 0 Å². The maximum Gasteiger partial charge on any atom is 0.293 e. The van der Waals surface area contributed by atoms with Crippen molar-refractivity contribution in [3.63, 3.8) is 0 Å². The van der Waals surface area contributed by atoms with Crippen molar-refractivity contribution >= 4 is 28.8 Å². The number of hydrogen-bond acceptors (Lipinski definition) is 6. The second-order valence-electron chi connectivity index (χ2n) is 11.0. The zero-order valence-corrected chi connectivity index (χ0v) is 24.6. The van der Waals surface area contributed by atoms with Crippen LogP contribution in [-0.2, 0) is 13.5 Å². The van der Waals surface area contributed by atoms with Gasteiger partial charge in [0.15, 0.2) is 5.82 Å². The quantitative estimate of drug-likeness (QED) is 0.228. The normalized spacial score (nSPS) is 13.7. The highest BCUT2D eigenvalue weighted by Gasteiger charge is 2.18. The van der Waals surface area contributed by atoms with Crippen LogP contribution in [0.1, 0.15) is 54.1 Å². The molecule has 0 saturated carbocycles. The molecule has 3 N–H and O–H groups in total. The lowest BCUT2D eigenvalue weighted by Gasteiger charge is -2.31. The molecule has 0 atom stereocenters. The molecule has 218 valence electrons. The molecule has 8 nitrogen and oxygen atoms in total. The van der Waals surface area contributed by atoms with E-state index in [1.807, 2.05) is 73.7 Å². The Morgan fingerprint density at radius 2 is 1.76 bits per heavy atom. The number of aliphatic hydroxyl groups is 1. The predicted molar refractivity (Wildman–Crippen MR) is 170 cm³/mol. The van der Waals surface area contributed by atoms with Gasteiger partial charge in [-0.3, -0.25) is 9.59 Å². The third kappa shape index (κ3) is 6.55. The zero-order valence-electron chi connectivity index (χ0n) is 24.6. The third-order valence-electron chi connectivity index (χ3n) is 7.95. The fourth-order valence-electron chi connectivity index (χ4n) is 5.40. The van der Waals surface area contributed by atoms with Gasteiger partial charge >= 0.3 is 0 Å². The van der Waals surface area contributed by atoms with E-state index >= 15 is 0 Å². The van der Waals surface area contributed by atoms with Crippen molar-refractivity contribution in [2.24, 2.45) is 7.05 Å². The standard InChI is InChI=1S/C34H39N5O3/c1-4-5-9-24-10-6-7-11-29(24)33(41)37-30-13-8-12-28(23(30)2)31-22-38(3)34(42)32(36-31)35-25-14-16-26(17-15-25)39-20-18-27(40)19-21-39/h6-8,10-17,22,27,40H,4-5,9,18-21H2,1-3H3,(H,35,36)(H,37,41). The molecule has 1 aromatic heterocycles. The molecule has 4 aromatic rings. The van der Waals surface area contributed by atoms with E-state index in [1.54, 1.807) is 13.2 Å². The van der Waals surface area contributed by atoms with Crippen LogP contribution in [-0.4, -0.2) is 39.8 Å². The first-order valence-corrected chi connectivity index (χ1v) is 14.7. The largest absolute Gasteiger partial charge is 0.393 e. The SMILES string of the molecule is CCCCc1ccccc1C(=O)Nc1cccc(-c2cn(C)c(=O)c(Nc3ccc(N4CCC(O)CC4)cc3)n2)c1C. The van der Waals surface area contributed by atoms with Crippen LogP contribution in [0.5, 0.6) is 0 Å². The van der Waals surface area contributed by atoms with Gasteiger partial charge in [-0.05, 0) is 80.1 Å². The Kier molecular flexibility index (Phi) is 9.03. The minimum atomic E-state index is -0.237. The number of aryl methyl sites for hydroxylation is 2. The Hall–Kier alpha value is -4.43. The first kappa shape index (κ1) is 29.1. The Morgan fingerprint density at radius 1 is 1.02 bits per heavy atom. The number of aromatic nitrogens is 2. The molecule has 0 bridgehead atoms. The summed E-state index contributed by atoms with van der Waals surface area (Å²) in [6, 6.07) is 21.4. The number of carbonyl (C=O) groups excluding carboxylic acids is 1. The number of hydrogen-bond donors (Lipinski definition) is 3. The number of amides is 1. The van der Waals surface area contributed by atoms with Crippen LogP contribution in [0.15, 0.2) is 77.7 Å². The molecular formula is C34H39N5O3. The van der Waals surface area contributed by atoms with E-state index < -0.39 is 0 Å². The van der Waals surface area contributed by atoms with Gasteiger partial charge in [0.05, 0.1) is 11.8 Å². The summed E-state index contributed by atoms with van der Waals surface area (Å²) in [5.41, 5.74) is 6.36. The molecule has 5 rings (SSSR count). The fraction of sp³-hybridized carbons (Fsp3) is 0.324. The summed E-state index contributed by atoms with van der Waals surface area (Å²) in [5, 5.41) is 16.1. The first-order chi connectivity index (χ1) is 20.3. The van der Waals surface area contributed by atoms with Gasteiger partial charge in [0.25, 0.3) is 11.5 Å². The van der Waals surface area contributed by atoms with Gasteiger partial charge in [0.2, 0.25) is 0 Å². The zero-order chi connectivity index (χ0) is 29.6. The number of anilines is 4. The van der Waals surface area contributed by atoms with Crippen LogP contribution in [0.3, 0.4) is 0 Å². The van der Waals surface area contributed by atoms with Crippen molar-refractivity contribution in [3.05, 3.63) is 100.0 Å². The van der Waals surface area contributed by atoms with Crippen molar-refractivity contribution in [2.45, 2.75) is 52.1 Å². The molecule has 0 spiro atoms. The highest BCUT2D eigenvalue weighted by molar-refractivity contribution is 6.06. The smallest absolute Gasteiger partial charge is 0.293 e. The summed E-state index contributed by atoms with van der Waals surface area (Å²) in [7, 11) is 1.71. The number of nitrogens with zero attached hydrogens (tertiary/aromatic N) is 3. The van der Waals surface area contributed by atoms with Gasteiger partial charge in [-0.2, -0.15) is 0 Å². The van der Waals surface area contributed by atoms with E-state index in [4.69, 9.17) is 4.98 Å². The molecule has 1 aliphatic heterocycles. The summed E-state index contributed by atoms with van der Waals surface area (Å²) < 4.78 is 1.52. The predicted octanol–water partition coefficient (Wildman–Crippen LogP) is 6.06. The second kappa shape index (κ2) is 13.0. The fourth-order valence-corrected chi connectivity index (χ4v) is 5.40. The number of aliphatic hydroxyl groups excluding tert-OH is 1. The third-order valence-corrected chi connectivity index (χ3v) is 7.95. The van der Waals surface area contributed by atoms with Gasteiger partial charge in [0.1, 0.15) is 0 Å². The van der Waals surface area contributed by atoms with Crippen molar-refractivity contribution in [3.8, 4) is 11.3 Å². The highest BCUT2D eigenvalue weighted by atomic mass is 16.3. The summed E-state index contributed by atoms with van der Waals surface area (Å²) in [4.78, 5) is 33.3. The van der Waals surface area contributed by atoms with Crippen LogP contribution in [0.4, 0.5) is 22.9 Å². The minimum absolute atomic E-state index is 0.137. The summed E-state index contributed by atoms with van der Waals surface area (Å²) >= 11 is 0. The summed E-state index contributed by atoms with van der Waals surface area (Å²) in [6.07, 6.45) is 5.99. The van der Waals surface area contributed by atoms with E-state index in [-0.39, 0.29) is 23.4 Å². The molecular weight excluding hydrogens is 526 g/mol. The summed E-state index contributed by atoms with van der Waals surface area (Å²) in [5.74, 6) is 0.0874. The molecule has 0 aliphatic carbocycles. The Morgan fingerprint density at radius 3 is 2.50 bits per heavy atom. The number of piperidine rings is 1. The van der Waals surface area contributed by atoms with Crippen LogP contribution in [0.2, 0.25) is 0 Å². The number of unbranched alkanes of at least 4 members (excludes halogenated alkanes) is 1. The first-order valence-electron chi connectivity index (χ1n) is 14.7. The summed E-state index contributed by atoms with van der Waals surface area (Å²) in [6.45, 7) is 5.74. The molecule has 3 aromatic carbocycles. The Bertz CT molecular complexity index is 1600. The molecule has 1 saturated heterocycles. The van der Waals surface area contributed by atoms with Gasteiger partial charge in [-0.25, -0.2) is 4.98 Å². The number of nitrogens with one attached hydrogen (secondary N) is 2. The van der Waals surface area contributed by atoms with Gasteiger partial charge < -0.3 is 25.2 Å². The van der Waals surface area contributed by atoms with E-state index in [0.717, 1.165) is 73.3 Å². The van der Waals surface area contributed by atoms with Crippen LogP contribution >= 0.6 is 0 Å². The van der Waals surface area contributed by atoms with Crippen molar-refractivity contribution in [1.29, 1.82) is 0 Å². The lowest BCUT2D eigenvalue weighted by Crippen LogP contribution is -2.35. The number of carbonyl (C=O) groups is 1. The monoisotopic (exact) mass is 565 g/mol. The molecule has 1 fully saturated rings. The van der Waals surface area contributed by atoms with Crippen LogP contribution in [0.25, 0.3) is 11.3 Å². The Labute approximate surface area is 247 Å². The molecule has 0 unspecified atom stereocenters.